The van der Waals surface area contributed by atoms with Gasteiger partial charge in [-0.1, -0.05) is 35.9 Å². The molecule has 3 aromatic rings. The molecule has 6 nitrogen and oxygen atoms in total. The number of benzene rings is 2. The quantitative estimate of drug-likeness (QED) is 0.492. The van der Waals surface area contributed by atoms with E-state index in [-0.39, 0.29) is 0 Å². The summed E-state index contributed by atoms with van der Waals surface area (Å²) in [6.45, 7) is 0.690. The standard InChI is InChI=1S/C19H17ClN6S/c1-25(12-4-11-21)15-9-7-14(8-10-15)13-22-26-18(23-24-19(26)27)16-5-2-3-6-17(16)20/h2-3,5-10,13H,4,12H2,1H3,(H,24,27)/b22-13-. The molecule has 0 atom stereocenters. The van der Waals surface area contributed by atoms with Gasteiger partial charge in [0.05, 0.1) is 23.7 Å². The van der Waals surface area contributed by atoms with E-state index >= 15 is 0 Å². The van der Waals surface area contributed by atoms with Crippen LogP contribution in [0.2, 0.25) is 5.02 Å². The number of hydrogen-bond acceptors (Lipinski definition) is 5. The van der Waals surface area contributed by atoms with Gasteiger partial charge in [0.15, 0.2) is 5.82 Å². The van der Waals surface area contributed by atoms with Crippen molar-refractivity contribution in [3.63, 3.8) is 0 Å². The third kappa shape index (κ3) is 4.42. The van der Waals surface area contributed by atoms with Gasteiger partial charge in [-0.05, 0) is 42.0 Å². The van der Waals surface area contributed by atoms with Gasteiger partial charge in [-0.15, -0.1) is 0 Å². The van der Waals surface area contributed by atoms with Gasteiger partial charge in [0.1, 0.15) is 0 Å². The predicted molar refractivity (Wildman–Crippen MR) is 111 cm³/mol. The highest BCUT2D eigenvalue weighted by molar-refractivity contribution is 7.71. The number of H-pyrrole nitrogens is 1. The number of hydrogen-bond donors (Lipinski definition) is 1. The molecule has 0 saturated carbocycles. The molecule has 0 bridgehead atoms. The van der Waals surface area contributed by atoms with Crippen LogP contribution in [0.3, 0.4) is 0 Å². The van der Waals surface area contributed by atoms with E-state index < -0.39 is 0 Å². The summed E-state index contributed by atoms with van der Waals surface area (Å²) in [6.07, 6.45) is 2.20. The SMILES string of the molecule is CN(CCC#N)c1ccc(/C=N\n2c(-c3ccccc3Cl)n[nH]c2=S)cc1. The molecule has 0 amide bonds. The third-order valence-corrected chi connectivity index (χ3v) is 4.57. The molecule has 1 heterocycles. The van der Waals surface area contributed by atoms with Gasteiger partial charge in [-0.2, -0.15) is 20.1 Å². The molecule has 0 aliphatic heterocycles. The van der Waals surface area contributed by atoms with E-state index in [0.29, 0.717) is 28.6 Å². The Hall–Kier alpha value is -2.95. The summed E-state index contributed by atoms with van der Waals surface area (Å²) in [5.41, 5.74) is 2.71. The monoisotopic (exact) mass is 396 g/mol. The second-order valence-corrected chi connectivity index (χ2v) is 6.60. The highest BCUT2D eigenvalue weighted by atomic mass is 35.5. The predicted octanol–water partition coefficient (Wildman–Crippen LogP) is 4.49. The molecule has 0 aliphatic carbocycles. The van der Waals surface area contributed by atoms with Crippen molar-refractivity contribution in [2.45, 2.75) is 6.42 Å². The lowest BCUT2D eigenvalue weighted by Crippen LogP contribution is -2.17. The fourth-order valence-electron chi connectivity index (χ4n) is 2.50. The average Bonchev–Trinajstić information content (AvgIpc) is 3.05. The number of anilines is 1. The van der Waals surface area contributed by atoms with Crippen molar-refractivity contribution < 1.29 is 0 Å². The van der Waals surface area contributed by atoms with Crippen LogP contribution in [0.4, 0.5) is 5.69 Å². The van der Waals surface area contributed by atoms with Crippen molar-refractivity contribution in [3.8, 4) is 17.5 Å². The maximum absolute atomic E-state index is 8.69. The Morgan fingerprint density at radius 1 is 1.30 bits per heavy atom. The molecule has 27 heavy (non-hydrogen) atoms. The van der Waals surface area contributed by atoms with Gasteiger partial charge >= 0.3 is 0 Å². The Morgan fingerprint density at radius 2 is 2.04 bits per heavy atom. The smallest absolute Gasteiger partial charge is 0.216 e. The molecule has 0 fully saturated rings. The van der Waals surface area contributed by atoms with Gasteiger partial charge in [0.2, 0.25) is 4.77 Å². The van der Waals surface area contributed by atoms with Crippen LogP contribution in [0, 0.1) is 16.1 Å². The zero-order valence-electron chi connectivity index (χ0n) is 14.6. The van der Waals surface area contributed by atoms with Crippen molar-refractivity contribution >= 4 is 35.7 Å². The first-order valence-electron chi connectivity index (χ1n) is 8.25. The largest absolute Gasteiger partial charge is 0.374 e. The number of nitrogens with one attached hydrogen (secondary N) is 1. The summed E-state index contributed by atoms with van der Waals surface area (Å²) in [5.74, 6) is 0.551. The molecule has 1 aromatic heterocycles. The number of rotatable bonds is 6. The Morgan fingerprint density at radius 3 is 2.74 bits per heavy atom. The Balaban J connectivity index is 1.83. The van der Waals surface area contributed by atoms with Crippen LogP contribution in [0.5, 0.6) is 0 Å². The van der Waals surface area contributed by atoms with E-state index in [1.54, 1.807) is 17.0 Å². The van der Waals surface area contributed by atoms with Crippen LogP contribution in [0.1, 0.15) is 12.0 Å². The minimum Gasteiger partial charge on any atom is -0.374 e. The minimum absolute atomic E-state index is 0.383. The lowest BCUT2D eigenvalue weighted by Gasteiger charge is -2.17. The summed E-state index contributed by atoms with van der Waals surface area (Å²) in [4.78, 5) is 2.03. The summed E-state index contributed by atoms with van der Waals surface area (Å²) < 4.78 is 1.93. The molecule has 0 saturated heterocycles. The second kappa shape index (κ2) is 8.62. The molecule has 0 aliphatic rings. The molecule has 0 radical (unpaired) electrons. The highest BCUT2D eigenvalue weighted by Crippen LogP contribution is 2.25. The first-order chi connectivity index (χ1) is 13.1. The number of nitriles is 1. The second-order valence-electron chi connectivity index (χ2n) is 5.81. The number of aromatic nitrogens is 3. The lowest BCUT2D eigenvalue weighted by atomic mass is 10.2. The molecule has 8 heteroatoms. The van der Waals surface area contributed by atoms with Crippen LogP contribution in [-0.4, -0.2) is 34.7 Å². The van der Waals surface area contributed by atoms with Gasteiger partial charge in [-0.3, -0.25) is 0 Å². The maximum atomic E-state index is 8.69. The Labute approximate surface area is 167 Å². The van der Waals surface area contributed by atoms with Crippen molar-refractivity contribution in [2.75, 3.05) is 18.5 Å². The zero-order chi connectivity index (χ0) is 19.2. The normalized spacial score (nSPS) is 10.9. The average molecular weight is 397 g/mol. The molecular weight excluding hydrogens is 380 g/mol. The van der Waals surface area contributed by atoms with Crippen molar-refractivity contribution in [3.05, 3.63) is 63.9 Å². The van der Waals surface area contributed by atoms with Crippen LogP contribution < -0.4 is 4.90 Å². The Kier molecular flexibility index (Phi) is 6.01. The van der Waals surface area contributed by atoms with E-state index in [1.165, 1.54) is 0 Å². The fourth-order valence-corrected chi connectivity index (χ4v) is 2.90. The molecule has 1 N–H and O–H groups in total. The van der Waals surface area contributed by atoms with Crippen molar-refractivity contribution in [1.29, 1.82) is 5.26 Å². The lowest BCUT2D eigenvalue weighted by molar-refractivity contribution is 0.871. The van der Waals surface area contributed by atoms with E-state index in [4.69, 9.17) is 29.1 Å². The molecule has 2 aromatic carbocycles. The third-order valence-electron chi connectivity index (χ3n) is 3.98. The van der Waals surface area contributed by atoms with Crippen molar-refractivity contribution in [2.24, 2.45) is 5.10 Å². The summed E-state index contributed by atoms with van der Waals surface area (Å²) in [5, 5.41) is 20.7. The first kappa shape index (κ1) is 18.8. The molecular formula is C19H17ClN6S. The van der Waals surface area contributed by atoms with E-state index in [1.807, 2.05) is 54.4 Å². The summed E-state index contributed by atoms with van der Waals surface area (Å²) in [7, 11) is 1.96. The van der Waals surface area contributed by atoms with Crippen LogP contribution >= 0.6 is 23.8 Å². The van der Waals surface area contributed by atoms with Gasteiger partial charge in [0, 0.05) is 24.8 Å². The number of nitrogens with zero attached hydrogens (tertiary/aromatic N) is 5. The number of aromatic amines is 1. The fraction of sp³-hybridized carbons (Fsp3) is 0.158. The van der Waals surface area contributed by atoms with Crippen LogP contribution in [-0.2, 0) is 0 Å². The molecule has 0 spiro atoms. The van der Waals surface area contributed by atoms with Crippen LogP contribution in [0.25, 0.3) is 11.4 Å². The Bertz CT molecular complexity index is 1050. The molecule has 136 valence electrons. The molecule has 0 unspecified atom stereocenters. The summed E-state index contributed by atoms with van der Waals surface area (Å²) in [6, 6.07) is 17.4. The van der Waals surface area contributed by atoms with Gasteiger partial charge in [-0.25, -0.2) is 5.10 Å². The maximum Gasteiger partial charge on any atom is 0.216 e. The minimum atomic E-state index is 0.383. The van der Waals surface area contributed by atoms with Gasteiger partial charge < -0.3 is 4.90 Å². The summed E-state index contributed by atoms with van der Waals surface area (Å²) >= 11 is 11.5. The molecule has 3 rings (SSSR count). The van der Waals surface area contributed by atoms with E-state index in [0.717, 1.165) is 16.8 Å². The van der Waals surface area contributed by atoms with Crippen LogP contribution in [0.15, 0.2) is 53.6 Å². The zero-order valence-corrected chi connectivity index (χ0v) is 16.2. The first-order valence-corrected chi connectivity index (χ1v) is 9.03. The van der Waals surface area contributed by atoms with E-state index in [2.05, 4.69) is 21.4 Å². The van der Waals surface area contributed by atoms with Gasteiger partial charge in [0.25, 0.3) is 0 Å². The topological polar surface area (TPSA) is 73.0 Å². The van der Waals surface area contributed by atoms with E-state index in [9.17, 15) is 0 Å². The highest BCUT2D eigenvalue weighted by Gasteiger charge is 2.11. The number of halogens is 1. The van der Waals surface area contributed by atoms with Crippen molar-refractivity contribution in [1.82, 2.24) is 14.9 Å².